The lowest BCUT2D eigenvalue weighted by Gasteiger charge is -2.31. The number of imidazole rings is 1. The third-order valence-corrected chi connectivity index (χ3v) is 6.37. The number of aromatic nitrogens is 2. The van der Waals surface area contributed by atoms with Crippen molar-refractivity contribution in [1.29, 1.82) is 0 Å². The average Bonchev–Trinajstić information content (AvgIpc) is 3.15. The third-order valence-electron chi connectivity index (χ3n) is 6.37. The molecule has 0 radical (unpaired) electrons. The van der Waals surface area contributed by atoms with E-state index < -0.39 is 5.41 Å². The van der Waals surface area contributed by atoms with Crippen LogP contribution in [0, 0.1) is 13.8 Å². The molecule has 0 bridgehead atoms. The van der Waals surface area contributed by atoms with E-state index in [-0.39, 0.29) is 22.9 Å². The second-order valence-corrected chi connectivity index (χ2v) is 8.41. The van der Waals surface area contributed by atoms with E-state index in [1.54, 1.807) is 0 Å². The molecular formula is C28H30BrN3O. The molecule has 0 fully saturated rings. The second kappa shape index (κ2) is 10.6. The van der Waals surface area contributed by atoms with Crippen molar-refractivity contribution >= 4 is 5.91 Å². The van der Waals surface area contributed by atoms with Crippen LogP contribution in [-0.2, 0) is 23.3 Å². The summed E-state index contributed by atoms with van der Waals surface area (Å²) < 4.78 is 4.45. The van der Waals surface area contributed by atoms with Crippen LogP contribution in [0.3, 0.4) is 0 Å². The van der Waals surface area contributed by atoms with E-state index in [9.17, 15) is 4.79 Å². The molecule has 0 aliphatic heterocycles. The van der Waals surface area contributed by atoms with Gasteiger partial charge in [0.05, 0.1) is 6.54 Å². The van der Waals surface area contributed by atoms with Crippen LogP contribution in [0.5, 0.6) is 0 Å². The average molecular weight is 504 g/mol. The van der Waals surface area contributed by atoms with Gasteiger partial charge in [-0.1, -0.05) is 90.5 Å². The van der Waals surface area contributed by atoms with Gasteiger partial charge >= 0.3 is 0 Å². The number of halogens is 1. The number of rotatable bonds is 8. The predicted octanol–water partition coefficient (Wildman–Crippen LogP) is 1.31. The highest BCUT2D eigenvalue weighted by Crippen LogP contribution is 2.36. The fourth-order valence-corrected chi connectivity index (χ4v) is 4.55. The Morgan fingerprint density at radius 1 is 0.909 bits per heavy atom. The molecule has 1 heterocycles. The fraction of sp³-hybridized carbons (Fsp3) is 0.214. The Balaban J connectivity index is 0.00000306. The van der Waals surface area contributed by atoms with Crippen LogP contribution in [0.1, 0.15) is 34.5 Å². The summed E-state index contributed by atoms with van der Waals surface area (Å²) in [7, 11) is 0. The van der Waals surface area contributed by atoms with Crippen molar-refractivity contribution in [2.75, 3.05) is 0 Å². The maximum atomic E-state index is 13.0. The zero-order valence-corrected chi connectivity index (χ0v) is 20.7. The minimum atomic E-state index is -0.888. The lowest BCUT2D eigenvalue weighted by Crippen LogP contribution is -3.00. The van der Waals surface area contributed by atoms with Crippen molar-refractivity contribution in [3.05, 3.63) is 125 Å². The van der Waals surface area contributed by atoms with Crippen LogP contribution in [0.15, 0.2) is 97.3 Å². The SMILES string of the molecule is Cc1cccc(C[n+]2ccn(CCC(C(N)=O)(c3ccccc3)c3ccccc3)c2C)c1.[Br-]. The van der Waals surface area contributed by atoms with Gasteiger partial charge in [0.25, 0.3) is 5.82 Å². The maximum absolute atomic E-state index is 13.0. The number of aryl methyl sites for hydroxylation is 2. The summed E-state index contributed by atoms with van der Waals surface area (Å²) in [5.74, 6) is 0.818. The van der Waals surface area contributed by atoms with Crippen LogP contribution >= 0.6 is 0 Å². The molecule has 0 saturated carbocycles. The van der Waals surface area contributed by atoms with Gasteiger partial charge < -0.3 is 22.7 Å². The zero-order valence-electron chi connectivity index (χ0n) is 19.1. The fourth-order valence-electron chi connectivity index (χ4n) is 4.55. The van der Waals surface area contributed by atoms with Gasteiger partial charge in [-0.2, -0.15) is 0 Å². The summed E-state index contributed by atoms with van der Waals surface area (Å²) in [5.41, 5.74) is 9.61. The summed E-state index contributed by atoms with van der Waals surface area (Å²) in [6, 6.07) is 28.4. The summed E-state index contributed by atoms with van der Waals surface area (Å²) in [6.45, 7) is 5.73. The lowest BCUT2D eigenvalue weighted by atomic mass is 9.71. The Labute approximate surface area is 206 Å². The van der Waals surface area contributed by atoms with Crippen molar-refractivity contribution in [2.24, 2.45) is 5.73 Å². The van der Waals surface area contributed by atoms with Gasteiger partial charge in [0.1, 0.15) is 24.4 Å². The molecule has 170 valence electrons. The summed E-state index contributed by atoms with van der Waals surface area (Å²) >= 11 is 0. The van der Waals surface area contributed by atoms with Gasteiger partial charge in [0.15, 0.2) is 0 Å². The molecule has 0 unspecified atom stereocenters. The molecule has 0 spiro atoms. The first kappa shape index (κ1) is 24.5. The molecule has 0 atom stereocenters. The molecular weight excluding hydrogens is 474 g/mol. The van der Waals surface area contributed by atoms with Crippen LogP contribution < -0.4 is 27.3 Å². The van der Waals surface area contributed by atoms with Crippen molar-refractivity contribution in [3.63, 3.8) is 0 Å². The van der Waals surface area contributed by atoms with Crippen LogP contribution in [0.2, 0.25) is 0 Å². The van der Waals surface area contributed by atoms with Crippen molar-refractivity contribution < 1.29 is 26.3 Å². The van der Waals surface area contributed by atoms with E-state index in [0.717, 1.165) is 23.5 Å². The minimum Gasteiger partial charge on any atom is -1.00 e. The Kier molecular flexibility index (Phi) is 7.88. The number of primary amides is 1. The molecule has 5 heteroatoms. The van der Waals surface area contributed by atoms with E-state index >= 15 is 0 Å². The van der Waals surface area contributed by atoms with E-state index in [0.29, 0.717) is 13.0 Å². The largest absolute Gasteiger partial charge is 1.00 e. The maximum Gasteiger partial charge on any atom is 0.253 e. The lowest BCUT2D eigenvalue weighted by molar-refractivity contribution is -0.694. The first-order valence-corrected chi connectivity index (χ1v) is 11.0. The highest BCUT2D eigenvalue weighted by molar-refractivity contribution is 5.90. The molecule has 0 saturated heterocycles. The zero-order chi connectivity index (χ0) is 22.6. The van der Waals surface area contributed by atoms with E-state index in [1.807, 2.05) is 60.7 Å². The number of nitrogens with zero attached hydrogens (tertiary/aromatic N) is 2. The highest BCUT2D eigenvalue weighted by atomic mass is 79.9. The number of carbonyl (C=O) groups excluding carboxylic acids is 1. The smallest absolute Gasteiger partial charge is 0.253 e. The van der Waals surface area contributed by atoms with Gasteiger partial charge in [-0.25, -0.2) is 9.13 Å². The molecule has 4 nitrogen and oxygen atoms in total. The van der Waals surface area contributed by atoms with Gasteiger partial charge in [0.2, 0.25) is 5.91 Å². The third kappa shape index (κ3) is 5.09. The number of hydrogen-bond acceptors (Lipinski definition) is 1. The van der Waals surface area contributed by atoms with E-state index in [4.69, 9.17) is 5.73 Å². The Morgan fingerprint density at radius 2 is 1.52 bits per heavy atom. The highest BCUT2D eigenvalue weighted by Gasteiger charge is 2.40. The molecule has 1 amide bonds. The number of benzene rings is 3. The first-order chi connectivity index (χ1) is 15.5. The minimum absolute atomic E-state index is 0. The molecule has 0 aliphatic rings. The van der Waals surface area contributed by atoms with Gasteiger partial charge in [-0.15, -0.1) is 0 Å². The number of hydrogen-bond donors (Lipinski definition) is 1. The molecule has 3 aromatic carbocycles. The first-order valence-electron chi connectivity index (χ1n) is 11.0. The standard InChI is InChI=1S/C28H29N3O.BrH/c1-22-10-9-11-24(20-22)21-31-19-18-30(23(31)2)17-16-28(27(29)32,25-12-5-3-6-13-25)26-14-7-4-8-15-26;/h3-15,18-20H,16-17,21H2,1-2H3,(H-,29,32);1H. The Bertz CT molecular complexity index is 1160. The summed E-state index contributed by atoms with van der Waals surface area (Å²) in [6.07, 6.45) is 4.78. The Morgan fingerprint density at radius 3 is 2.06 bits per heavy atom. The topological polar surface area (TPSA) is 51.9 Å². The van der Waals surface area contributed by atoms with E-state index in [1.165, 1.54) is 11.1 Å². The monoisotopic (exact) mass is 503 g/mol. The van der Waals surface area contributed by atoms with Crippen LogP contribution in [0.4, 0.5) is 0 Å². The predicted molar refractivity (Wildman–Crippen MR) is 127 cm³/mol. The second-order valence-electron chi connectivity index (χ2n) is 8.41. The van der Waals surface area contributed by atoms with Crippen molar-refractivity contribution in [1.82, 2.24) is 4.57 Å². The quantitative estimate of drug-likeness (QED) is 0.362. The summed E-state index contributed by atoms with van der Waals surface area (Å²) in [5, 5.41) is 0. The van der Waals surface area contributed by atoms with Gasteiger partial charge in [-0.05, 0) is 23.6 Å². The van der Waals surface area contributed by atoms with E-state index in [2.05, 4.69) is 59.6 Å². The van der Waals surface area contributed by atoms with Crippen LogP contribution in [0.25, 0.3) is 0 Å². The molecule has 2 N–H and O–H groups in total. The molecule has 4 aromatic rings. The molecule has 0 aliphatic carbocycles. The number of nitrogens with two attached hydrogens (primary N) is 1. The normalized spacial score (nSPS) is 11.1. The molecule has 33 heavy (non-hydrogen) atoms. The summed E-state index contributed by atoms with van der Waals surface area (Å²) in [4.78, 5) is 13.0. The number of carbonyl (C=O) groups is 1. The molecule has 1 aromatic heterocycles. The van der Waals surface area contributed by atoms with Gasteiger partial charge in [-0.3, -0.25) is 4.79 Å². The van der Waals surface area contributed by atoms with Gasteiger partial charge in [0, 0.05) is 13.3 Å². The van der Waals surface area contributed by atoms with Crippen molar-refractivity contribution in [2.45, 2.75) is 38.8 Å². The van der Waals surface area contributed by atoms with Crippen LogP contribution in [-0.4, -0.2) is 10.5 Å². The Hall–Kier alpha value is -3.18. The number of amides is 1. The van der Waals surface area contributed by atoms with Crippen molar-refractivity contribution in [3.8, 4) is 0 Å². The molecule has 4 rings (SSSR count).